The quantitative estimate of drug-likeness (QED) is 0.317. The molecule has 1 aromatic heterocycles. The van der Waals surface area contributed by atoms with Crippen LogP contribution in [0, 0.1) is 27.7 Å². The zero-order valence-corrected chi connectivity index (χ0v) is 17.5. The third-order valence-corrected chi connectivity index (χ3v) is 5.80. The lowest BCUT2D eigenvalue weighted by Gasteiger charge is -2.08. The predicted octanol–water partition coefficient (Wildman–Crippen LogP) is 7.22. The van der Waals surface area contributed by atoms with E-state index in [0.717, 1.165) is 12.1 Å². The molecular weight excluding hydrogens is 350 g/mol. The summed E-state index contributed by atoms with van der Waals surface area (Å²) >= 11 is 0. The van der Waals surface area contributed by atoms with Gasteiger partial charge in [0.15, 0.2) is 0 Å². The van der Waals surface area contributed by atoms with Crippen LogP contribution in [0.25, 0.3) is 33.5 Å². The highest BCUT2D eigenvalue weighted by molar-refractivity contribution is 5.80. The van der Waals surface area contributed by atoms with E-state index in [2.05, 4.69) is 94.4 Å². The van der Waals surface area contributed by atoms with Gasteiger partial charge < -0.3 is 0 Å². The molecule has 0 N–H and O–H groups in total. The first-order valence-corrected chi connectivity index (χ1v) is 10.3. The molecule has 1 nitrogen and oxygen atoms in total. The fourth-order valence-electron chi connectivity index (χ4n) is 4.67. The summed E-state index contributed by atoms with van der Waals surface area (Å²) in [6.45, 7) is 8.62. The fraction of sp³-hybridized carbons (Fsp3) is 0.179. The second-order valence-corrected chi connectivity index (χ2v) is 8.49. The van der Waals surface area contributed by atoms with E-state index < -0.39 is 0 Å². The number of hydrogen-bond acceptors (Lipinski definition) is 1. The standard InChI is InChI=1S/C28H25N/c1-17-9-18(2)12-22(11-17)21-5-6-25-23(15-21)16-28-26(25)7-8-27(29-28)24-13-19(3)10-20(4)14-24/h5-15H,16H2,1-4H3. The van der Waals surface area contributed by atoms with Crippen LogP contribution in [0.4, 0.5) is 0 Å². The van der Waals surface area contributed by atoms with Gasteiger partial charge in [0.25, 0.3) is 0 Å². The van der Waals surface area contributed by atoms with Gasteiger partial charge in [0.05, 0.1) is 11.4 Å². The van der Waals surface area contributed by atoms with E-state index in [1.165, 1.54) is 61.3 Å². The molecule has 4 aromatic rings. The second kappa shape index (κ2) is 6.70. The zero-order chi connectivity index (χ0) is 20.1. The molecule has 3 aromatic carbocycles. The van der Waals surface area contributed by atoms with Crippen molar-refractivity contribution in [2.45, 2.75) is 34.1 Å². The molecule has 0 saturated carbocycles. The lowest BCUT2D eigenvalue weighted by Crippen LogP contribution is -1.91. The molecule has 5 rings (SSSR count). The van der Waals surface area contributed by atoms with Gasteiger partial charge in [0, 0.05) is 17.5 Å². The Balaban J connectivity index is 1.53. The number of aromatic nitrogens is 1. The van der Waals surface area contributed by atoms with Gasteiger partial charge in [-0.3, -0.25) is 4.98 Å². The molecule has 29 heavy (non-hydrogen) atoms. The molecular formula is C28H25N. The van der Waals surface area contributed by atoms with Crippen molar-refractivity contribution in [1.82, 2.24) is 4.98 Å². The Morgan fingerprint density at radius 3 is 1.79 bits per heavy atom. The van der Waals surface area contributed by atoms with Crippen LogP contribution in [0.5, 0.6) is 0 Å². The van der Waals surface area contributed by atoms with Crippen molar-refractivity contribution < 1.29 is 0 Å². The average Bonchev–Trinajstić information content (AvgIpc) is 3.03. The molecule has 0 bridgehead atoms. The fourth-order valence-corrected chi connectivity index (χ4v) is 4.67. The molecule has 0 radical (unpaired) electrons. The van der Waals surface area contributed by atoms with E-state index in [0.29, 0.717) is 0 Å². The van der Waals surface area contributed by atoms with Crippen LogP contribution in [0.15, 0.2) is 66.7 Å². The van der Waals surface area contributed by atoms with E-state index in [4.69, 9.17) is 4.98 Å². The summed E-state index contributed by atoms with van der Waals surface area (Å²) in [6.07, 6.45) is 0.905. The molecule has 0 spiro atoms. The molecule has 1 heterocycles. The lowest BCUT2D eigenvalue weighted by molar-refractivity contribution is 1.12. The van der Waals surface area contributed by atoms with Crippen molar-refractivity contribution in [2.75, 3.05) is 0 Å². The van der Waals surface area contributed by atoms with Gasteiger partial charge in [-0.25, -0.2) is 0 Å². The summed E-state index contributed by atoms with van der Waals surface area (Å²) in [6, 6.07) is 24.7. The minimum atomic E-state index is 0.905. The molecule has 1 aliphatic rings. The molecule has 1 aliphatic carbocycles. The third-order valence-electron chi connectivity index (χ3n) is 5.80. The van der Waals surface area contributed by atoms with Crippen molar-refractivity contribution >= 4 is 0 Å². The van der Waals surface area contributed by atoms with Crippen LogP contribution in [-0.4, -0.2) is 4.98 Å². The topological polar surface area (TPSA) is 12.9 Å². The second-order valence-electron chi connectivity index (χ2n) is 8.49. The minimum absolute atomic E-state index is 0.905. The highest BCUT2D eigenvalue weighted by Gasteiger charge is 2.21. The van der Waals surface area contributed by atoms with Crippen LogP contribution >= 0.6 is 0 Å². The SMILES string of the molecule is Cc1cc(C)cc(-c2ccc3c(c2)Cc2nc(-c4cc(C)cc(C)c4)ccc2-3)c1. The summed E-state index contributed by atoms with van der Waals surface area (Å²) < 4.78 is 0. The molecule has 1 heteroatoms. The van der Waals surface area contributed by atoms with E-state index >= 15 is 0 Å². The highest BCUT2D eigenvalue weighted by atomic mass is 14.7. The van der Waals surface area contributed by atoms with Crippen LogP contribution in [-0.2, 0) is 6.42 Å². The van der Waals surface area contributed by atoms with Crippen LogP contribution in [0.2, 0.25) is 0 Å². The molecule has 0 atom stereocenters. The van der Waals surface area contributed by atoms with Gasteiger partial charge in [-0.2, -0.15) is 0 Å². The van der Waals surface area contributed by atoms with Crippen LogP contribution < -0.4 is 0 Å². The van der Waals surface area contributed by atoms with E-state index in [1.807, 2.05) is 0 Å². The molecule has 0 unspecified atom stereocenters. The highest BCUT2D eigenvalue weighted by Crippen LogP contribution is 2.39. The third kappa shape index (κ3) is 3.27. The summed E-state index contributed by atoms with van der Waals surface area (Å²) in [7, 11) is 0. The number of aryl methyl sites for hydroxylation is 4. The summed E-state index contributed by atoms with van der Waals surface area (Å²) in [5.41, 5.74) is 15.2. The van der Waals surface area contributed by atoms with Gasteiger partial charge in [-0.15, -0.1) is 0 Å². The number of rotatable bonds is 2. The number of benzene rings is 3. The van der Waals surface area contributed by atoms with Crippen LogP contribution in [0.3, 0.4) is 0 Å². The monoisotopic (exact) mass is 375 g/mol. The Labute approximate surface area is 173 Å². The number of nitrogens with zero attached hydrogens (tertiary/aromatic N) is 1. The zero-order valence-electron chi connectivity index (χ0n) is 17.5. The average molecular weight is 376 g/mol. The molecule has 0 aliphatic heterocycles. The molecule has 0 fully saturated rings. The van der Waals surface area contributed by atoms with Gasteiger partial charge in [0.2, 0.25) is 0 Å². The van der Waals surface area contributed by atoms with E-state index in [1.54, 1.807) is 0 Å². The Morgan fingerprint density at radius 2 is 1.14 bits per heavy atom. The number of fused-ring (bicyclic) bond motifs is 3. The Morgan fingerprint density at radius 1 is 0.552 bits per heavy atom. The first-order valence-electron chi connectivity index (χ1n) is 10.3. The van der Waals surface area contributed by atoms with E-state index in [-0.39, 0.29) is 0 Å². The van der Waals surface area contributed by atoms with Crippen molar-refractivity contribution in [3.63, 3.8) is 0 Å². The Hall–Kier alpha value is -3.19. The lowest BCUT2D eigenvalue weighted by atomic mass is 9.97. The smallest absolute Gasteiger partial charge is 0.0706 e. The first-order chi connectivity index (χ1) is 14.0. The number of hydrogen-bond donors (Lipinski definition) is 0. The van der Waals surface area contributed by atoms with Gasteiger partial charge >= 0.3 is 0 Å². The van der Waals surface area contributed by atoms with Gasteiger partial charge in [0.1, 0.15) is 0 Å². The Bertz CT molecular complexity index is 1120. The Kier molecular flexibility index (Phi) is 4.13. The largest absolute Gasteiger partial charge is 0.252 e. The van der Waals surface area contributed by atoms with Crippen LogP contribution in [0.1, 0.15) is 33.5 Å². The molecule has 0 amide bonds. The summed E-state index contributed by atoms with van der Waals surface area (Å²) in [4.78, 5) is 5.05. The minimum Gasteiger partial charge on any atom is -0.252 e. The summed E-state index contributed by atoms with van der Waals surface area (Å²) in [5, 5.41) is 0. The predicted molar refractivity (Wildman–Crippen MR) is 122 cm³/mol. The first kappa shape index (κ1) is 17.9. The normalized spacial score (nSPS) is 12.0. The van der Waals surface area contributed by atoms with Crippen molar-refractivity contribution in [3.8, 4) is 33.5 Å². The maximum atomic E-state index is 5.05. The van der Waals surface area contributed by atoms with Crippen molar-refractivity contribution in [3.05, 3.63) is 100 Å². The maximum absolute atomic E-state index is 5.05. The van der Waals surface area contributed by atoms with E-state index in [9.17, 15) is 0 Å². The van der Waals surface area contributed by atoms with Crippen molar-refractivity contribution in [1.29, 1.82) is 0 Å². The molecule has 142 valence electrons. The summed E-state index contributed by atoms with van der Waals surface area (Å²) in [5.74, 6) is 0. The van der Waals surface area contributed by atoms with Gasteiger partial charge in [-0.1, -0.05) is 70.8 Å². The maximum Gasteiger partial charge on any atom is 0.0706 e. The molecule has 0 saturated heterocycles. The number of pyridine rings is 1. The van der Waals surface area contributed by atoms with Crippen molar-refractivity contribution in [2.24, 2.45) is 0 Å². The van der Waals surface area contributed by atoms with Gasteiger partial charge in [-0.05, 0) is 68.1 Å².